The van der Waals surface area contributed by atoms with Gasteiger partial charge in [0.25, 0.3) is 0 Å². The molecule has 0 unspecified atom stereocenters. The number of carboxylic acid groups (broad SMARTS) is 1. The summed E-state index contributed by atoms with van der Waals surface area (Å²) in [6.45, 7) is 5.92. The Balaban J connectivity index is 3.46. The lowest BCUT2D eigenvalue weighted by Gasteiger charge is -2.19. The summed E-state index contributed by atoms with van der Waals surface area (Å²) in [6, 6.07) is 0. The molecule has 0 atom stereocenters. The zero-order chi connectivity index (χ0) is 13.3. The molecule has 0 rings (SSSR count). The van der Waals surface area contributed by atoms with Crippen molar-refractivity contribution in [2.75, 3.05) is 13.2 Å². The number of ether oxygens (including phenoxy) is 1. The lowest BCUT2D eigenvalue weighted by molar-refractivity contribution is -0.129. The zero-order valence-corrected chi connectivity index (χ0v) is 10.2. The number of alkyl carbamates (subject to hydrolysis) is 1. The third-order valence-electron chi connectivity index (χ3n) is 1.32. The fourth-order valence-electron chi connectivity index (χ4n) is 0.776. The highest BCUT2D eigenvalue weighted by atomic mass is 16.6. The molecule has 17 heavy (non-hydrogen) atoms. The van der Waals surface area contributed by atoms with Crippen LogP contribution >= 0.6 is 0 Å². The van der Waals surface area contributed by atoms with Gasteiger partial charge in [0.1, 0.15) is 12.2 Å². The fraction of sp³-hybridized carbons (Fsp3) is 0.700. The summed E-state index contributed by atoms with van der Waals surface area (Å²) in [5, 5.41) is 13.9. The normalized spacial score (nSPS) is 11.2. The Bertz CT molecular complexity index is 283. The van der Waals surface area contributed by atoms with E-state index in [1.807, 2.05) is 0 Å². The summed E-state index contributed by atoms with van der Waals surface area (Å²) in [7, 11) is 0. The van der Waals surface area contributed by atoms with Gasteiger partial charge in [-0.25, -0.2) is 9.59 Å². The van der Waals surface area contributed by atoms with Crippen LogP contribution in [0, 0.1) is 0 Å². The van der Waals surface area contributed by atoms with Gasteiger partial charge in [-0.05, 0) is 20.8 Å². The Hall–Kier alpha value is -1.79. The maximum atomic E-state index is 11.2. The van der Waals surface area contributed by atoms with Crippen LogP contribution in [0.5, 0.6) is 0 Å². The molecule has 0 saturated carbocycles. The lowest BCUT2D eigenvalue weighted by Crippen LogP contribution is -2.33. The van der Waals surface area contributed by atoms with Crippen LogP contribution in [0.4, 0.5) is 4.79 Å². The summed E-state index contributed by atoms with van der Waals surface area (Å²) < 4.78 is 5.00. The Kier molecular flexibility index (Phi) is 6.69. The van der Waals surface area contributed by atoms with E-state index in [1.165, 1.54) is 0 Å². The minimum Gasteiger partial charge on any atom is -0.477 e. The van der Waals surface area contributed by atoms with E-state index in [-0.39, 0.29) is 6.61 Å². The standard InChI is InChI=1S/C10H18N2O5/c1-10(2,3)17-9(15)11-5-4-6-16-12-7-8(13)14/h7H,4-6H2,1-3H3,(H,11,15)(H,13,14). The Morgan fingerprint density at radius 2 is 2.06 bits per heavy atom. The predicted molar refractivity (Wildman–Crippen MR) is 60.9 cm³/mol. The molecule has 0 aromatic rings. The minimum absolute atomic E-state index is 0.222. The zero-order valence-electron chi connectivity index (χ0n) is 10.2. The molecule has 2 N–H and O–H groups in total. The number of amides is 1. The quantitative estimate of drug-likeness (QED) is 0.414. The van der Waals surface area contributed by atoms with Gasteiger partial charge >= 0.3 is 12.1 Å². The van der Waals surface area contributed by atoms with Gasteiger partial charge < -0.3 is 20.0 Å². The molecule has 0 heterocycles. The van der Waals surface area contributed by atoms with Crippen molar-refractivity contribution in [1.82, 2.24) is 5.32 Å². The second-order valence-electron chi connectivity index (χ2n) is 4.19. The largest absolute Gasteiger partial charge is 0.477 e. The van der Waals surface area contributed by atoms with Gasteiger partial charge in [0, 0.05) is 13.0 Å². The van der Waals surface area contributed by atoms with E-state index in [9.17, 15) is 9.59 Å². The summed E-state index contributed by atoms with van der Waals surface area (Å²) in [5.74, 6) is -1.17. The molecule has 0 saturated heterocycles. The van der Waals surface area contributed by atoms with Gasteiger partial charge in [0.05, 0.1) is 0 Å². The molecule has 0 fully saturated rings. The van der Waals surface area contributed by atoms with Crippen LogP contribution < -0.4 is 5.32 Å². The van der Waals surface area contributed by atoms with Gasteiger partial charge in [-0.15, -0.1) is 0 Å². The number of carbonyl (C=O) groups is 2. The molecule has 1 amide bonds. The summed E-state index contributed by atoms with van der Waals surface area (Å²) in [6.07, 6.45) is 0.670. The first-order valence-corrected chi connectivity index (χ1v) is 5.16. The molecule has 7 heteroatoms. The van der Waals surface area contributed by atoms with Gasteiger partial charge in [-0.1, -0.05) is 5.16 Å². The number of hydrogen-bond acceptors (Lipinski definition) is 5. The van der Waals surface area contributed by atoms with Crippen molar-refractivity contribution >= 4 is 18.3 Å². The molecule has 0 aromatic heterocycles. The molecule has 0 aliphatic rings. The van der Waals surface area contributed by atoms with Crippen molar-refractivity contribution in [1.29, 1.82) is 0 Å². The van der Waals surface area contributed by atoms with Crippen LogP contribution in [-0.2, 0) is 14.4 Å². The number of carboxylic acids is 1. The smallest absolute Gasteiger partial charge is 0.407 e. The van der Waals surface area contributed by atoms with Crippen molar-refractivity contribution in [2.24, 2.45) is 5.16 Å². The highest BCUT2D eigenvalue weighted by Gasteiger charge is 2.15. The fourth-order valence-corrected chi connectivity index (χ4v) is 0.776. The van der Waals surface area contributed by atoms with Gasteiger partial charge in [0.2, 0.25) is 0 Å². The molecular formula is C10H18N2O5. The first kappa shape index (κ1) is 15.2. The van der Waals surface area contributed by atoms with Crippen molar-refractivity contribution in [2.45, 2.75) is 32.8 Å². The van der Waals surface area contributed by atoms with Crippen LogP contribution in [0.1, 0.15) is 27.2 Å². The average Bonchev–Trinajstić information content (AvgIpc) is 2.12. The first-order chi connectivity index (χ1) is 7.81. The molecule has 0 radical (unpaired) electrons. The first-order valence-electron chi connectivity index (χ1n) is 5.16. The number of oxime groups is 1. The highest BCUT2D eigenvalue weighted by Crippen LogP contribution is 2.06. The monoisotopic (exact) mass is 246 g/mol. The molecule has 0 aliphatic heterocycles. The van der Waals surface area contributed by atoms with E-state index < -0.39 is 17.7 Å². The van der Waals surface area contributed by atoms with E-state index in [0.29, 0.717) is 19.2 Å². The van der Waals surface area contributed by atoms with Crippen LogP contribution in [-0.4, -0.2) is 42.1 Å². The van der Waals surface area contributed by atoms with Crippen molar-refractivity contribution in [3.8, 4) is 0 Å². The second kappa shape index (κ2) is 7.48. The van der Waals surface area contributed by atoms with Crippen LogP contribution in [0.25, 0.3) is 0 Å². The molecule has 98 valence electrons. The maximum Gasteiger partial charge on any atom is 0.407 e. The number of hydrogen-bond donors (Lipinski definition) is 2. The number of nitrogens with zero attached hydrogens (tertiary/aromatic N) is 1. The Labute approximate surface area is 99.8 Å². The molecule has 0 aromatic carbocycles. The summed E-state index contributed by atoms with van der Waals surface area (Å²) in [5.41, 5.74) is -0.521. The number of rotatable bonds is 6. The molecule has 0 spiro atoms. The predicted octanol–water partition coefficient (Wildman–Crippen LogP) is 0.988. The number of nitrogens with one attached hydrogen (secondary N) is 1. The van der Waals surface area contributed by atoms with E-state index in [4.69, 9.17) is 9.84 Å². The molecular weight excluding hydrogens is 228 g/mol. The summed E-state index contributed by atoms with van der Waals surface area (Å²) in [4.78, 5) is 25.8. The highest BCUT2D eigenvalue weighted by molar-refractivity contribution is 6.21. The van der Waals surface area contributed by atoms with Crippen LogP contribution in [0.3, 0.4) is 0 Å². The molecule has 0 aliphatic carbocycles. The third kappa shape index (κ3) is 12.1. The van der Waals surface area contributed by atoms with Crippen LogP contribution in [0.15, 0.2) is 5.16 Å². The SMILES string of the molecule is CC(C)(C)OC(=O)NCCCON=CC(=O)O. The van der Waals surface area contributed by atoms with Crippen molar-refractivity contribution in [3.05, 3.63) is 0 Å². The van der Waals surface area contributed by atoms with E-state index in [1.54, 1.807) is 20.8 Å². The average molecular weight is 246 g/mol. The number of aliphatic carboxylic acids is 1. The second-order valence-corrected chi connectivity index (χ2v) is 4.19. The van der Waals surface area contributed by atoms with Gasteiger partial charge in [0.15, 0.2) is 6.21 Å². The molecule has 7 nitrogen and oxygen atoms in total. The van der Waals surface area contributed by atoms with Crippen LogP contribution in [0.2, 0.25) is 0 Å². The van der Waals surface area contributed by atoms with Crippen molar-refractivity contribution in [3.63, 3.8) is 0 Å². The Morgan fingerprint density at radius 3 is 2.59 bits per heavy atom. The van der Waals surface area contributed by atoms with Crippen molar-refractivity contribution < 1.29 is 24.3 Å². The number of carbonyl (C=O) groups excluding carboxylic acids is 1. The Morgan fingerprint density at radius 1 is 1.41 bits per heavy atom. The topological polar surface area (TPSA) is 97.2 Å². The van der Waals surface area contributed by atoms with Gasteiger partial charge in [-0.3, -0.25) is 0 Å². The molecule has 0 bridgehead atoms. The maximum absolute atomic E-state index is 11.2. The van der Waals surface area contributed by atoms with E-state index >= 15 is 0 Å². The lowest BCUT2D eigenvalue weighted by atomic mass is 10.2. The van der Waals surface area contributed by atoms with Gasteiger partial charge in [-0.2, -0.15) is 0 Å². The van der Waals surface area contributed by atoms with E-state index in [0.717, 1.165) is 0 Å². The summed E-state index contributed by atoms with van der Waals surface area (Å²) >= 11 is 0. The minimum atomic E-state index is -1.17. The van der Waals surface area contributed by atoms with E-state index in [2.05, 4.69) is 15.3 Å². The third-order valence-corrected chi connectivity index (χ3v) is 1.32.